The van der Waals surface area contributed by atoms with Crippen molar-refractivity contribution in [3.63, 3.8) is 0 Å². The van der Waals surface area contributed by atoms with Crippen molar-refractivity contribution in [2.24, 2.45) is 0 Å². The summed E-state index contributed by atoms with van der Waals surface area (Å²) >= 11 is 1.96. The van der Waals surface area contributed by atoms with Gasteiger partial charge in [-0.1, -0.05) is 40.5 Å². The van der Waals surface area contributed by atoms with Crippen LogP contribution in [0.15, 0.2) is 0 Å². The standard InChI is InChI=1S/C16H28N2S/c1-5-10-17-11-13-14(16(2,3)4)18-15(19-13)12-8-6-7-9-12/h12,17H,5-11H2,1-4H3. The molecule has 1 aromatic rings. The van der Waals surface area contributed by atoms with E-state index < -0.39 is 0 Å². The van der Waals surface area contributed by atoms with Crippen LogP contribution >= 0.6 is 11.3 Å². The van der Waals surface area contributed by atoms with E-state index in [0.29, 0.717) is 0 Å². The normalized spacial score (nSPS) is 17.3. The number of nitrogens with one attached hydrogen (secondary N) is 1. The molecule has 1 aliphatic carbocycles. The van der Waals surface area contributed by atoms with Crippen LogP contribution in [0, 0.1) is 0 Å². The molecular weight excluding hydrogens is 252 g/mol. The molecule has 0 amide bonds. The van der Waals surface area contributed by atoms with Gasteiger partial charge >= 0.3 is 0 Å². The van der Waals surface area contributed by atoms with Gasteiger partial charge in [0.25, 0.3) is 0 Å². The second-order valence-corrected chi connectivity index (χ2v) is 7.85. The Morgan fingerprint density at radius 3 is 2.53 bits per heavy atom. The van der Waals surface area contributed by atoms with Crippen molar-refractivity contribution in [2.45, 2.75) is 77.7 Å². The zero-order valence-electron chi connectivity index (χ0n) is 12.9. The highest BCUT2D eigenvalue weighted by Gasteiger charge is 2.27. The SMILES string of the molecule is CCCNCc1sc(C2CCCC2)nc1C(C)(C)C. The van der Waals surface area contributed by atoms with E-state index in [0.717, 1.165) is 19.0 Å². The van der Waals surface area contributed by atoms with Gasteiger partial charge in [-0.15, -0.1) is 11.3 Å². The largest absolute Gasteiger partial charge is 0.312 e. The summed E-state index contributed by atoms with van der Waals surface area (Å²) in [6.45, 7) is 11.1. The lowest BCUT2D eigenvalue weighted by molar-refractivity contribution is 0.554. The van der Waals surface area contributed by atoms with Crippen molar-refractivity contribution < 1.29 is 0 Å². The molecule has 1 aliphatic rings. The highest BCUT2D eigenvalue weighted by atomic mass is 32.1. The quantitative estimate of drug-likeness (QED) is 0.797. The van der Waals surface area contributed by atoms with Gasteiger partial charge in [0.2, 0.25) is 0 Å². The molecule has 0 atom stereocenters. The van der Waals surface area contributed by atoms with Crippen LogP contribution in [-0.4, -0.2) is 11.5 Å². The topological polar surface area (TPSA) is 24.9 Å². The molecule has 2 nitrogen and oxygen atoms in total. The summed E-state index contributed by atoms with van der Waals surface area (Å²) in [7, 11) is 0. The zero-order valence-corrected chi connectivity index (χ0v) is 13.7. The smallest absolute Gasteiger partial charge is 0.0962 e. The maximum Gasteiger partial charge on any atom is 0.0962 e. The summed E-state index contributed by atoms with van der Waals surface area (Å²) in [5.41, 5.74) is 1.49. The molecule has 1 saturated carbocycles. The Labute approximate surface area is 122 Å². The maximum absolute atomic E-state index is 5.02. The molecule has 1 heterocycles. The number of thiazole rings is 1. The van der Waals surface area contributed by atoms with Gasteiger partial charge in [0, 0.05) is 22.8 Å². The first kappa shape index (κ1) is 15.0. The van der Waals surface area contributed by atoms with Crippen LogP contribution in [0.1, 0.15) is 81.3 Å². The molecular formula is C16H28N2S. The minimum Gasteiger partial charge on any atom is -0.312 e. The first-order chi connectivity index (χ1) is 9.02. The first-order valence-corrected chi connectivity index (χ1v) is 8.54. The van der Waals surface area contributed by atoms with Crippen LogP contribution < -0.4 is 5.32 Å². The Morgan fingerprint density at radius 1 is 1.26 bits per heavy atom. The van der Waals surface area contributed by atoms with Crippen LogP contribution in [0.25, 0.3) is 0 Å². The molecule has 0 aromatic carbocycles. The lowest BCUT2D eigenvalue weighted by atomic mass is 9.91. The Balaban J connectivity index is 2.18. The van der Waals surface area contributed by atoms with Gasteiger partial charge in [0.05, 0.1) is 10.7 Å². The minimum absolute atomic E-state index is 0.163. The van der Waals surface area contributed by atoms with Gasteiger partial charge in [-0.05, 0) is 25.8 Å². The number of nitrogens with zero attached hydrogens (tertiary/aromatic N) is 1. The van der Waals surface area contributed by atoms with Gasteiger partial charge in [0.1, 0.15) is 0 Å². The third-order valence-electron chi connectivity index (χ3n) is 3.84. The molecule has 19 heavy (non-hydrogen) atoms. The number of aromatic nitrogens is 1. The first-order valence-electron chi connectivity index (χ1n) is 7.73. The van der Waals surface area contributed by atoms with E-state index >= 15 is 0 Å². The van der Waals surface area contributed by atoms with E-state index in [1.54, 1.807) is 0 Å². The summed E-state index contributed by atoms with van der Waals surface area (Å²) < 4.78 is 0. The van der Waals surface area contributed by atoms with E-state index in [4.69, 9.17) is 4.98 Å². The molecule has 0 unspecified atom stereocenters. The predicted molar refractivity (Wildman–Crippen MR) is 84.0 cm³/mol. The van der Waals surface area contributed by atoms with Gasteiger partial charge in [-0.25, -0.2) is 4.98 Å². The summed E-state index contributed by atoms with van der Waals surface area (Å²) in [5.74, 6) is 0.742. The third kappa shape index (κ3) is 3.79. The lowest BCUT2D eigenvalue weighted by Gasteiger charge is -2.18. The molecule has 0 spiro atoms. The van der Waals surface area contributed by atoms with Gasteiger partial charge in [-0.3, -0.25) is 0 Å². The van der Waals surface area contributed by atoms with Crippen LogP contribution in [0.3, 0.4) is 0 Å². The van der Waals surface area contributed by atoms with Crippen molar-refractivity contribution in [1.82, 2.24) is 10.3 Å². The summed E-state index contributed by atoms with van der Waals surface area (Å²) in [6, 6.07) is 0. The predicted octanol–water partition coefficient (Wildman–Crippen LogP) is 4.60. The van der Waals surface area contributed by atoms with Crippen molar-refractivity contribution in [3.8, 4) is 0 Å². The summed E-state index contributed by atoms with van der Waals surface area (Å²) in [6.07, 6.45) is 6.66. The molecule has 3 heteroatoms. The minimum atomic E-state index is 0.163. The van der Waals surface area contributed by atoms with Crippen LogP contribution in [0.4, 0.5) is 0 Å². The molecule has 108 valence electrons. The monoisotopic (exact) mass is 280 g/mol. The van der Waals surface area contributed by atoms with Crippen molar-refractivity contribution in [2.75, 3.05) is 6.54 Å². The second-order valence-electron chi connectivity index (χ2n) is 6.73. The molecule has 0 saturated heterocycles. The fourth-order valence-electron chi connectivity index (χ4n) is 2.80. The van der Waals surface area contributed by atoms with E-state index in [1.807, 2.05) is 11.3 Å². The molecule has 0 aliphatic heterocycles. The van der Waals surface area contributed by atoms with Crippen molar-refractivity contribution in [1.29, 1.82) is 0 Å². The fraction of sp³-hybridized carbons (Fsp3) is 0.812. The Morgan fingerprint density at radius 2 is 1.95 bits per heavy atom. The Bertz CT molecular complexity index is 397. The van der Waals surface area contributed by atoms with Crippen molar-refractivity contribution >= 4 is 11.3 Å². The highest BCUT2D eigenvalue weighted by Crippen LogP contribution is 2.39. The highest BCUT2D eigenvalue weighted by molar-refractivity contribution is 7.11. The molecule has 0 bridgehead atoms. The van der Waals surface area contributed by atoms with Crippen LogP contribution in [-0.2, 0) is 12.0 Å². The van der Waals surface area contributed by atoms with E-state index in [9.17, 15) is 0 Å². The lowest BCUT2D eigenvalue weighted by Crippen LogP contribution is -2.19. The van der Waals surface area contributed by atoms with Crippen LogP contribution in [0.2, 0.25) is 0 Å². The van der Waals surface area contributed by atoms with Crippen molar-refractivity contribution in [3.05, 3.63) is 15.6 Å². The van der Waals surface area contributed by atoms with E-state index in [-0.39, 0.29) is 5.41 Å². The fourth-order valence-corrected chi connectivity index (χ4v) is 4.22. The summed E-state index contributed by atoms with van der Waals surface area (Å²) in [4.78, 5) is 6.48. The van der Waals surface area contributed by atoms with Gasteiger partial charge in [-0.2, -0.15) is 0 Å². The maximum atomic E-state index is 5.02. The van der Waals surface area contributed by atoms with E-state index in [1.165, 1.54) is 47.7 Å². The molecule has 1 N–H and O–H groups in total. The number of rotatable bonds is 5. The van der Waals surface area contributed by atoms with Gasteiger partial charge in [0.15, 0.2) is 0 Å². The average molecular weight is 280 g/mol. The molecule has 2 rings (SSSR count). The summed E-state index contributed by atoms with van der Waals surface area (Å²) in [5, 5.41) is 4.94. The van der Waals surface area contributed by atoms with Crippen LogP contribution in [0.5, 0.6) is 0 Å². The molecule has 0 radical (unpaired) electrons. The molecule has 1 fully saturated rings. The van der Waals surface area contributed by atoms with E-state index in [2.05, 4.69) is 33.0 Å². The Kier molecular flexibility index (Phi) is 5.02. The van der Waals surface area contributed by atoms with Gasteiger partial charge < -0.3 is 5.32 Å². The third-order valence-corrected chi connectivity index (χ3v) is 5.06. The molecule has 1 aromatic heterocycles. The average Bonchev–Trinajstić information content (AvgIpc) is 2.96. The number of hydrogen-bond donors (Lipinski definition) is 1. The number of hydrogen-bond acceptors (Lipinski definition) is 3. The zero-order chi connectivity index (χ0) is 13.9. The Hall–Kier alpha value is -0.410. The second kappa shape index (κ2) is 6.36.